The molecule has 7 nitrogen and oxygen atoms in total. The van der Waals surface area contributed by atoms with E-state index in [9.17, 15) is 14.4 Å². The molecule has 22 heavy (non-hydrogen) atoms. The van der Waals surface area contributed by atoms with Crippen molar-refractivity contribution in [2.24, 2.45) is 0 Å². The lowest BCUT2D eigenvalue weighted by Gasteiger charge is -2.09. The van der Waals surface area contributed by atoms with Crippen molar-refractivity contribution >= 4 is 17.8 Å². The van der Waals surface area contributed by atoms with Crippen molar-refractivity contribution in [1.29, 1.82) is 0 Å². The van der Waals surface area contributed by atoms with E-state index in [4.69, 9.17) is 10.2 Å². The first-order valence-electron chi connectivity index (χ1n) is 7.05. The summed E-state index contributed by atoms with van der Waals surface area (Å²) in [7, 11) is 0. The summed E-state index contributed by atoms with van der Waals surface area (Å²) in [6, 6.07) is 6.55. The van der Waals surface area contributed by atoms with Gasteiger partial charge in [0.05, 0.1) is 5.56 Å². The van der Waals surface area contributed by atoms with Gasteiger partial charge in [0, 0.05) is 19.4 Å². The average molecular weight is 308 g/mol. The maximum Gasteiger partial charge on any atom is 0.336 e. The Bertz CT molecular complexity index is 530. The Balaban J connectivity index is 2.23. The van der Waals surface area contributed by atoms with Crippen LogP contribution in [0.15, 0.2) is 24.3 Å². The fourth-order valence-electron chi connectivity index (χ4n) is 1.92. The molecule has 0 bridgehead atoms. The highest BCUT2D eigenvalue weighted by Crippen LogP contribution is 2.08. The second-order valence-electron chi connectivity index (χ2n) is 4.82. The molecule has 0 aliphatic heterocycles. The molecule has 0 fully saturated rings. The minimum absolute atomic E-state index is 0.117. The normalized spacial score (nSPS) is 10.2. The number of hydrazine groups is 1. The van der Waals surface area contributed by atoms with Crippen molar-refractivity contribution in [1.82, 2.24) is 10.9 Å². The standard InChI is InChI=1S/C15H20N2O5/c18-13(8-2-1-3-9-14(19)20)17-16-10-11-6-4-5-7-12(11)15(21)22/h4-7,16H,1-3,8-10H2,(H,17,18)(H,19,20)(H,21,22). The van der Waals surface area contributed by atoms with Gasteiger partial charge in [-0.05, 0) is 24.5 Å². The lowest BCUT2D eigenvalue weighted by atomic mass is 10.1. The molecule has 0 aliphatic carbocycles. The molecule has 0 aliphatic rings. The summed E-state index contributed by atoms with van der Waals surface area (Å²) in [6.45, 7) is 0.216. The maximum atomic E-state index is 11.5. The number of benzene rings is 1. The minimum Gasteiger partial charge on any atom is -0.481 e. The summed E-state index contributed by atoms with van der Waals surface area (Å²) in [5, 5.41) is 17.5. The number of unbranched alkanes of at least 4 members (excludes halogenated alkanes) is 2. The first-order valence-corrected chi connectivity index (χ1v) is 7.05. The van der Waals surface area contributed by atoms with E-state index in [-0.39, 0.29) is 24.4 Å². The van der Waals surface area contributed by atoms with Crippen molar-refractivity contribution in [2.75, 3.05) is 0 Å². The third kappa shape index (κ3) is 6.85. The quantitative estimate of drug-likeness (QED) is 0.385. The van der Waals surface area contributed by atoms with Crippen LogP contribution in [0, 0.1) is 0 Å². The van der Waals surface area contributed by atoms with E-state index in [0.717, 1.165) is 0 Å². The number of hydrogen-bond donors (Lipinski definition) is 4. The SMILES string of the molecule is O=C(O)CCCCCC(=O)NNCc1ccccc1C(=O)O. The molecule has 0 heterocycles. The number of aliphatic carboxylic acids is 1. The summed E-state index contributed by atoms with van der Waals surface area (Å²) < 4.78 is 0. The number of nitrogens with one attached hydrogen (secondary N) is 2. The van der Waals surface area contributed by atoms with Gasteiger partial charge < -0.3 is 10.2 Å². The number of aromatic carboxylic acids is 1. The Morgan fingerprint density at radius 2 is 1.64 bits per heavy atom. The zero-order valence-corrected chi connectivity index (χ0v) is 12.2. The molecule has 0 unspecified atom stereocenters. The fraction of sp³-hybridized carbons (Fsp3) is 0.400. The zero-order valence-electron chi connectivity index (χ0n) is 12.2. The van der Waals surface area contributed by atoms with E-state index in [1.165, 1.54) is 6.07 Å². The molecule has 0 saturated heterocycles. The van der Waals surface area contributed by atoms with Crippen LogP contribution < -0.4 is 10.9 Å². The number of carboxylic acids is 2. The van der Waals surface area contributed by atoms with Gasteiger partial charge in [-0.15, -0.1) is 0 Å². The van der Waals surface area contributed by atoms with Crippen molar-refractivity contribution in [3.05, 3.63) is 35.4 Å². The molecule has 0 spiro atoms. The monoisotopic (exact) mass is 308 g/mol. The third-order valence-electron chi connectivity index (χ3n) is 3.05. The van der Waals surface area contributed by atoms with E-state index in [2.05, 4.69) is 10.9 Å². The summed E-state index contributed by atoms with van der Waals surface area (Å²) in [6.07, 6.45) is 2.27. The molecule has 7 heteroatoms. The smallest absolute Gasteiger partial charge is 0.336 e. The topological polar surface area (TPSA) is 116 Å². The van der Waals surface area contributed by atoms with Gasteiger partial charge in [0.2, 0.25) is 5.91 Å². The van der Waals surface area contributed by atoms with Gasteiger partial charge in [0.1, 0.15) is 0 Å². The van der Waals surface area contributed by atoms with Crippen molar-refractivity contribution in [3.63, 3.8) is 0 Å². The molecular formula is C15H20N2O5. The van der Waals surface area contributed by atoms with Gasteiger partial charge in [0.15, 0.2) is 0 Å². The predicted octanol–water partition coefficient (Wildman–Crippen LogP) is 1.54. The van der Waals surface area contributed by atoms with Crippen molar-refractivity contribution in [3.8, 4) is 0 Å². The van der Waals surface area contributed by atoms with Crippen LogP contribution in [0.2, 0.25) is 0 Å². The lowest BCUT2D eigenvalue weighted by Crippen LogP contribution is -2.37. The maximum absolute atomic E-state index is 11.5. The van der Waals surface area contributed by atoms with E-state index in [1.807, 2.05) is 0 Å². The Morgan fingerprint density at radius 3 is 2.32 bits per heavy atom. The van der Waals surface area contributed by atoms with Crippen molar-refractivity contribution in [2.45, 2.75) is 38.6 Å². The van der Waals surface area contributed by atoms with E-state index in [1.54, 1.807) is 18.2 Å². The van der Waals surface area contributed by atoms with Gasteiger partial charge in [0.25, 0.3) is 0 Å². The lowest BCUT2D eigenvalue weighted by molar-refractivity contribution is -0.137. The molecule has 120 valence electrons. The largest absolute Gasteiger partial charge is 0.481 e. The second-order valence-corrected chi connectivity index (χ2v) is 4.82. The van der Waals surface area contributed by atoms with E-state index >= 15 is 0 Å². The molecule has 0 radical (unpaired) electrons. The molecule has 1 rings (SSSR count). The van der Waals surface area contributed by atoms with Crippen LogP contribution in [0.1, 0.15) is 48.0 Å². The zero-order chi connectivity index (χ0) is 16.4. The van der Waals surface area contributed by atoms with Gasteiger partial charge in [-0.2, -0.15) is 0 Å². The van der Waals surface area contributed by atoms with Crippen LogP contribution in [0.3, 0.4) is 0 Å². The van der Waals surface area contributed by atoms with Crippen LogP contribution >= 0.6 is 0 Å². The van der Waals surface area contributed by atoms with Crippen LogP contribution in [0.5, 0.6) is 0 Å². The Kier molecular flexibility index (Phi) is 7.63. The van der Waals surface area contributed by atoms with Gasteiger partial charge in [-0.25, -0.2) is 10.2 Å². The highest BCUT2D eigenvalue weighted by molar-refractivity contribution is 5.89. The molecule has 4 N–H and O–H groups in total. The van der Waals surface area contributed by atoms with E-state index in [0.29, 0.717) is 31.2 Å². The molecule has 1 aromatic rings. The Labute approximate surface area is 128 Å². The highest BCUT2D eigenvalue weighted by Gasteiger charge is 2.08. The first-order chi connectivity index (χ1) is 10.5. The van der Waals surface area contributed by atoms with E-state index < -0.39 is 11.9 Å². The van der Waals surface area contributed by atoms with Crippen molar-refractivity contribution < 1.29 is 24.6 Å². The van der Waals surface area contributed by atoms with Gasteiger partial charge in [-0.3, -0.25) is 15.0 Å². The van der Waals surface area contributed by atoms with Crippen LogP contribution in [0.4, 0.5) is 0 Å². The predicted molar refractivity (Wildman–Crippen MR) is 79.1 cm³/mol. The Hall–Kier alpha value is -2.41. The number of rotatable bonds is 10. The van der Waals surface area contributed by atoms with Crippen LogP contribution in [-0.4, -0.2) is 28.1 Å². The highest BCUT2D eigenvalue weighted by atomic mass is 16.4. The number of hydrogen-bond acceptors (Lipinski definition) is 4. The fourth-order valence-corrected chi connectivity index (χ4v) is 1.92. The van der Waals surface area contributed by atoms with Crippen LogP contribution in [-0.2, 0) is 16.1 Å². The van der Waals surface area contributed by atoms with Crippen LogP contribution in [0.25, 0.3) is 0 Å². The summed E-state index contributed by atoms with van der Waals surface area (Å²) in [5.74, 6) is -2.05. The summed E-state index contributed by atoms with van der Waals surface area (Å²) in [4.78, 5) is 32.9. The number of carbonyl (C=O) groups excluding carboxylic acids is 1. The third-order valence-corrected chi connectivity index (χ3v) is 3.05. The number of carboxylic acid groups (broad SMARTS) is 2. The summed E-state index contributed by atoms with van der Waals surface area (Å²) in [5.41, 5.74) is 5.97. The molecule has 0 atom stereocenters. The van der Waals surface area contributed by atoms with Gasteiger partial charge in [-0.1, -0.05) is 24.6 Å². The molecule has 0 saturated carbocycles. The molecule has 0 aromatic heterocycles. The number of amides is 1. The molecular weight excluding hydrogens is 288 g/mol. The van der Waals surface area contributed by atoms with Gasteiger partial charge >= 0.3 is 11.9 Å². The number of carbonyl (C=O) groups is 3. The Morgan fingerprint density at radius 1 is 0.955 bits per heavy atom. The molecule has 1 aromatic carbocycles. The minimum atomic E-state index is -1.01. The average Bonchev–Trinajstić information content (AvgIpc) is 2.47. The first kappa shape index (κ1) is 17.6. The molecule has 1 amide bonds. The summed E-state index contributed by atoms with van der Waals surface area (Å²) >= 11 is 0. The second kappa shape index (κ2) is 9.51.